The lowest BCUT2D eigenvalue weighted by Gasteiger charge is -2.37. The Labute approximate surface area is 231 Å². The predicted molar refractivity (Wildman–Crippen MR) is 147 cm³/mol. The van der Waals surface area contributed by atoms with Gasteiger partial charge >= 0.3 is 11.9 Å². The standard InChI is InChI=1S/C28H30N4O7S/c1-16-5-7-19(8-6-16)40(36,37)32-10-9-20-24(30-18-11-17(12-18)13-23(33)39-28(2,3)4)21(14-29-25(20)32)26-31-22(15-38-26)27(34)35/h5-10,14-15,17-18H,11-13H2,1-4H3,(H,29,30)(H,34,35). The second-order valence-electron chi connectivity index (χ2n) is 11.0. The Morgan fingerprint density at radius 3 is 2.50 bits per heavy atom. The first-order valence-corrected chi connectivity index (χ1v) is 14.3. The van der Waals surface area contributed by atoms with Crippen molar-refractivity contribution in [2.24, 2.45) is 5.92 Å². The Hall–Kier alpha value is -4.19. The number of aryl methyl sites for hydroxylation is 1. The summed E-state index contributed by atoms with van der Waals surface area (Å²) in [5, 5.41) is 13.2. The second-order valence-corrected chi connectivity index (χ2v) is 12.8. The van der Waals surface area contributed by atoms with E-state index in [0.29, 0.717) is 35.9 Å². The molecule has 2 N–H and O–H groups in total. The first kappa shape index (κ1) is 27.4. The number of carbonyl (C=O) groups is 2. The molecule has 210 valence electrons. The fraction of sp³-hybridized carbons (Fsp3) is 0.357. The van der Waals surface area contributed by atoms with Gasteiger partial charge in [-0.2, -0.15) is 0 Å². The number of anilines is 1. The summed E-state index contributed by atoms with van der Waals surface area (Å²) >= 11 is 0. The molecule has 0 unspecified atom stereocenters. The lowest BCUT2D eigenvalue weighted by molar-refractivity contribution is -0.156. The highest BCUT2D eigenvalue weighted by molar-refractivity contribution is 7.90. The highest BCUT2D eigenvalue weighted by Crippen LogP contribution is 2.40. The Kier molecular flexibility index (Phi) is 6.90. The van der Waals surface area contributed by atoms with Gasteiger partial charge in [-0.3, -0.25) is 4.79 Å². The molecule has 0 atom stereocenters. The molecule has 1 fully saturated rings. The number of nitrogens with zero attached hydrogens (tertiary/aromatic N) is 3. The van der Waals surface area contributed by atoms with Gasteiger partial charge in [0.1, 0.15) is 11.9 Å². The first-order valence-electron chi connectivity index (χ1n) is 12.8. The Morgan fingerprint density at radius 2 is 1.88 bits per heavy atom. The number of esters is 1. The first-order chi connectivity index (χ1) is 18.8. The zero-order chi connectivity index (χ0) is 28.8. The van der Waals surface area contributed by atoms with Gasteiger partial charge in [0.2, 0.25) is 5.89 Å². The van der Waals surface area contributed by atoms with E-state index in [9.17, 15) is 23.1 Å². The molecule has 0 aliphatic heterocycles. The van der Waals surface area contributed by atoms with E-state index in [1.165, 1.54) is 12.4 Å². The van der Waals surface area contributed by atoms with E-state index in [2.05, 4.69) is 15.3 Å². The van der Waals surface area contributed by atoms with Crippen molar-refractivity contribution in [2.45, 2.75) is 63.5 Å². The van der Waals surface area contributed by atoms with Crippen molar-refractivity contribution in [2.75, 3.05) is 5.32 Å². The molecule has 12 heteroatoms. The van der Waals surface area contributed by atoms with Crippen LogP contribution in [0, 0.1) is 12.8 Å². The fourth-order valence-electron chi connectivity index (χ4n) is 4.74. The Bertz CT molecular complexity index is 1690. The number of aromatic nitrogens is 3. The van der Waals surface area contributed by atoms with E-state index < -0.39 is 21.6 Å². The van der Waals surface area contributed by atoms with Crippen molar-refractivity contribution in [1.82, 2.24) is 13.9 Å². The summed E-state index contributed by atoms with van der Waals surface area (Å²) in [6.07, 6.45) is 5.58. The number of rotatable bonds is 8. The molecule has 40 heavy (non-hydrogen) atoms. The molecule has 1 aliphatic carbocycles. The highest BCUT2D eigenvalue weighted by Gasteiger charge is 2.34. The monoisotopic (exact) mass is 566 g/mol. The molecular weight excluding hydrogens is 536 g/mol. The van der Waals surface area contributed by atoms with Gasteiger partial charge in [0, 0.05) is 30.2 Å². The molecule has 1 aliphatic rings. The predicted octanol–water partition coefficient (Wildman–Crippen LogP) is 4.86. The van der Waals surface area contributed by atoms with E-state index in [-0.39, 0.29) is 40.1 Å². The average Bonchev–Trinajstić information content (AvgIpc) is 3.50. The number of pyridine rings is 1. The van der Waals surface area contributed by atoms with E-state index in [0.717, 1.165) is 15.8 Å². The number of ether oxygens (including phenoxy) is 1. The molecular formula is C28H30N4O7S. The third-order valence-corrected chi connectivity index (χ3v) is 8.35. The van der Waals surface area contributed by atoms with Gasteiger partial charge < -0.3 is 19.6 Å². The number of hydrogen-bond donors (Lipinski definition) is 2. The van der Waals surface area contributed by atoms with Crippen LogP contribution in [0.2, 0.25) is 0 Å². The van der Waals surface area contributed by atoms with E-state index >= 15 is 0 Å². The van der Waals surface area contributed by atoms with Crippen LogP contribution >= 0.6 is 0 Å². The van der Waals surface area contributed by atoms with Crippen molar-refractivity contribution in [1.29, 1.82) is 0 Å². The molecule has 0 bridgehead atoms. The number of carboxylic acids is 1. The van der Waals surface area contributed by atoms with Crippen molar-refractivity contribution < 1.29 is 32.3 Å². The van der Waals surface area contributed by atoms with Gasteiger partial charge in [-0.05, 0) is 64.7 Å². The third-order valence-electron chi connectivity index (χ3n) is 6.67. The van der Waals surface area contributed by atoms with E-state index in [4.69, 9.17) is 9.15 Å². The minimum absolute atomic E-state index is 0.0252. The van der Waals surface area contributed by atoms with Crippen LogP contribution in [-0.2, 0) is 19.6 Å². The van der Waals surface area contributed by atoms with Crippen molar-refractivity contribution in [3.63, 3.8) is 0 Å². The smallest absolute Gasteiger partial charge is 0.357 e. The van der Waals surface area contributed by atoms with Crippen molar-refractivity contribution in [3.8, 4) is 11.5 Å². The second kappa shape index (κ2) is 10.1. The summed E-state index contributed by atoms with van der Waals surface area (Å²) in [4.78, 5) is 32.3. The van der Waals surface area contributed by atoms with Crippen LogP contribution in [0.3, 0.4) is 0 Å². The van der Waals surface area contributed by atoms with Crippen LogP contribution in [0.5, 0.6) is 0 Å². The largest absolute Gasteiger partial charge is 0.476 e. The average molecular weight is 567 g/mol. The molecule has 0 spiro atoms. The van der Waals surface area contributed by atoms with Gasteiger partial charge in [0.05, 0.1) is 16.1 Å². The van der Waals surface area contributed by atoms with Gasteiger partial charge in [0.25, 0.3) is 10.0 Å². The zero-order valence-electron chi connectivity index (χ0n) is 22.5. The molecule has 0 radical (unpaired) electrons. The summed E-state index contributed by atoms with van der Waals surface area (Å²) in [6, 6.07) is 8.15. The number of carboxylic acid groups (broad SMARTS) is 1. The fourth-order valence-corrected chi connectivity index (χ4v) is 6.04. The molecule has 0 amide bonds. The lowest BCUT2D eigenvalue weighted by atomic mass is 9.78. The molecule has 4 aromatic rings. The SMILES string of the molecule is Cc1ccc(S(=O)(=O)n2ccc3c(NC4CC(CC(=O)OC(C)(C)C)C4)c(-c4nc(C(=O)O)co4)cnc32)cc1. The third kappa shape index (κ3) is 5.44. The van der Waals surface area contributed by atoms with Gasteiger partial charge in [-0.1, -0.05) is 17.7 Å². The molecule has 1 saturated carbocycles. The Balaban J connectivity index is 1.48. The molecule has 0 saturated heterocycles. The summed E-state index contributed by atoms with van der Waals surface area (Å²) in [5.74, 6) is -1.31. The van der Waals surface area contributed by atoms with Crippen LogP contribution in [0.4, 0.5) is 5.69 Å². The number of hydrogen-bond acceptors (Lipinski definition) is 9. The summed E-state index contributed by atoms with van der Waals surface area (Å²) in [5.41, 5.74) is 1.22. The molecule has 5 rings (SSSR count). The quantitative estimate of drug-likeness (QED) is 0.283. The Morgan fingerprint density at radius 1 is 1.18 bits per heavy atom. The minimum Gasteiger partial charge on any atom is -0.476 e. The van der Waals surface area contributed by atoms with Crippen LogP contribution in [-0.4, -0.2) is 51.0 Å². The number of aromatic carboxylic acids is 1. The number of benzene rings is 1. The number of nitrogens with one attached hydrogen (secondary N) is 1. The summed E-state index contributed by atoms with van der Waals surface area (Å²) in [6.45, 7) is 7.36. The topological polar surface area (TPSA) is 154 Å². The van der Waals surface area contributed by atoms with Crippen LogP contribution in [0.15, 0.2) is 58.3 Å². The van der Waals surface area contributed by atoms with Gasteiger partial charge in [-0.15, -0.1) is 0 Å². The van der Waals surface area contributed by atoms with Crippen molar-refractivity contribution >= 4 is 38.7 Å². The summed E-state index contributed by atoms with van der Waals surface area (Å²) in [7, 11) is -3.94. The van der Waals surface area contributed by atoms with Crippen LogP contribution in [0.1, 0.15) is 56.1 Å². The molecule has 11 nitrogen and oxygen atoms in total. The normalized spacial score (nSPS) is 17.4. The maximum atomic E-state index is 13.5. The molecule has 3 heterocycles. The van der Waals surface area contributed by atoms with Gasteiger partial charge in [-0.25, -0.2) is 27.2 Å². The van der Waals surface area contributed by atoms with Crippen LogP contribution < -0.4 is 5.32 Å². The number of fused-ring (bicyclic) bond motifs is 1. The lowest BCUT2D eigenvalue weighted by Crippen LogP contribution is -2.37. The summed E-state index contributed by atoms with van der Waals surface area (Å²) < 4.78 is 38.9. The minimum atomic E-state index is -3.94. The number of oxazole rings is 1. The molecule has 1 aromatic carbocycles. The van der Waals surface area contributed by atoms with Crippen LogP contribution in [0.25, 0.3) is 22.5 Å². The van der Waals surface area contributed by atoms with E-state index in [1.807, 2.05) is 27.7 Å². The van der Waals surface area contributed by atoms with Gasteiger partial charge in [0.15, 0.2) is 11.3 Å². The maximum absolute atomic E-state index is 13.5. The highest BCUT2D eigenvalue weighted by atomic mass is 32.2. The van der Waals surface area contributed by atoms with E-state index in [1.54, 1.807) is 30.3 Å². The maximum Gasteiger partial charge on any atom is 0.357 e. The van der Waals surface area contributed by atoms with Crippen molar-refractivity contribution in [3.05, 3.63) is 60.2 Å². The number of carbonyl (C=O) groups excluding carboxylic acids is 1. The zero-order valence-corrected chi connectivity index (χ0v) is 23.4. The molecule has 3 aromatic heterocycles.